The van der Waals surface area contributed by atoms with E-state index in [-0.39, 0.29) is 22.8 Å². The number of rotatable bonds is 9. The number of aliphatic imine (C=N–C) groups is 1. The number of nitrogens with zero attached hydrogens (tertiary/aromatic N) is 1. The van der Waals surface area contributed by atoms with Crippen LogP contribution >= 0.6 is 22.6 Å². The Morgan fingerprint density at radius 2 is 1.63 bits per heavy atom. The van der Waals surface area contributed by atoms with E-state index in [0.29, 0.717) is 24.1 Å². The second-order valence-electron chi connectivity index (χ2n) is 6.16. The number of methoxy groups -OCH3 is 1. The van der Waals surface area contributed by atoms with Crippen molar-refractivity contribution in [2.24, 2.45) is 4.99 Å². The van der Waals surface area contributed by atoms with Crippen LogP contribution in [0.1, 0.15) is 39.7 Å². The summed E-state index contributed by atoms with van der Waals surface area (Å²) in [6, 6.07) is 1.01. The molecule has 4 nitrogen and oxygen atoms in total. The number of hydrogen-bond acceptors (Lipinski definition) is 4. The standard InChI is InChI=1S/C24H26F3N3O.C2H6.CH3I/c1-6-9-11-15(8-3)20(22(24(29)31-5)19(30-4)12-10-7-2)23(28)21-17(26)13-16(25)14-18(21)27;2*1-2/h6,8-14,28-29H,1,7H2,2-5H3;1-2H3;1H3/b11-9-,12-10-,15-8+,22-20-,28-23?,29-24?,30-19?;;. The minimum atomic E-state index is -1.23. The molecule has 0 amide bonds. The summed E-state index contributed by atoms with van der Waals surface area (Å²) in [5.74, 6) is -3.91. The second-order valence-corrected chi connectivity index (χ2v) is 6.16. The summed E-state index contributed by atoms with van der Waals surface area (Å²) in [6.07, 6.45) is 10.4. The van der Waals surface area contributed by atoms with Crippen molar-refractivity contribution in [1.29, 1.82) is 10.8 Å². The number of alkyl halides is 1. The Morgan fingerprint density at radius 3 is 2.03 bits per heavy atom. The third-order valence-corrected chi connectivity index (χ3v) is 4.21. The van der Waals surface area contributed by atoms with Gasteiger partial charge in [-0.2, -0.15) is 0 Å². The van der Waals surface area contributed by atoms with Crippen LogP contribution in [-0.2, 0) is 4.74 Å². The summed E-state index contributed by atoms with van der Waals surface area (Å²) in [6.45, 7) is 11.2. The first-order valence-electron chi connectivity index (χ1n) is 10.8. The molecule has 1 aromatic carbocycles. The Balaban J connectivity index is 0. The molecule has 1 rings (SSSR count). The lowest BCUT2D eigenvalue weighted by atomic mass is 9.88. The van der Waals surface area contributed by atoms with Gasteiger partial charge >= 0.3 is 0 Å². The van der Waals surface area contributed by atoms with E-state index in [9.17, 15) is 13.2 Å². The van der Waals surface area contributed by atoms with Gasteiger partial charge in [0.2, 0.25) is 5.90 Å². The van der Waals surface area contributed by atoms with Crippen molar-refractivity contribution in [3.05, 3.63) is 94.9 Å². The molecule has 0 atom stereocenters. The molecule has 0 aliphatic heterocycles. The number of nitrogens with one attached hydrogen (secondary N) is 2. The van der Waals surface area contributed by atoms with Crippen molar-refractivity contribution in [2.75, 3.05) is 19.1 Å². The lowest BCUT2D eigenvalue weighted by Crippen LogP contribution is -2.22. The molecule has 1 aromatic rings. The predicted octanol–water partition coefficient (Wildman–Crippen LogP) is 8.19. The molecule has 8 heteroatoms. The van der Waals surface area contributed by atoms with E-state index < -0.39 is 28.7 Å². The summed E-state index contributed by atoms with van der Waals surface area (Å²) in [7, 11) is 2.77. The van der Waals surface area contributed by atoms with E-state index in [1.807, 2.05) is 25.7 Å². The average Bonchev–Trinajstić information content (AvgIpc) is 2.86. The molecule has 0 saturated heterocycles. The van der Waals surface area contributed by atoms with Crippen LogP contribution in [0.4, 0.5) is 13.2 Å². The highest BCUT2D eigenvalue weighted by Crippen LogP contribution is 2.27. The molecular weight excluding hydrogens is 566 g/mol. The van der Waals surface area contributed by atoms with Crippen LogP contribution in [0.5, 0.6) is 0 Å². The first-order chi connectivity index (χ1) is 16.8. The van der Waals surface area contributed by atoms with Crippen molar-refractivity contribution < 1.29 is 17.9 Å². The van der Waals surface area contributed by atoms with Crippen molar-refractivity contribution >= 4 is 39.9 Å². The van der Waals surface area contributed by atoms with E-state index in [2.05, 4.69) is 34.2 Å². The fraction of sp³-hybridized carbons (Fsp3) is 0.296. The average molecular weight is 601 g/mol. The first kappa shape index (κ1) is 34.4. The Bertz CT molecular complexity index is 999. The Morgan fingerprint density at radius 1 is 1.09 bits per heavy atom. The van der Waals surface area contributed by atoms with E-state index in [1.165, 1.54) is 20.2 Å². The summed E-state index contributed by atoms with van der Waals surface area (Å²) >= 11 is 2.15. The van der Waals surface area contributed by atoms with Crippen molar-refractivity contribution in [3.8, 4) is 0 Å². The van der Waals surface area contributed by atoms with Gasteiger partial charge in [0.1, 0.15) is 17.5 Å². The Kier molecular flexibility index (Phi) is 19.2. The maximum atomic E-state index is 14.5. The van der Waals surface area contributed by atoms with Gasteiger partial charge in [-0.15, -0.1) is 0 Å². The van der Waals surface area contributed by atoms with E-state index in [1.54, 1.807) is 37.3 Å². The van der Waals surface area contributed by atoms with Crippen LogP contribution < -0.4 is 0 Å². The van der Waals surface area contributed by atoms with E-state index >= 15 is 0 Å². The van der Waals surface area contributed by atoms with Crippen LogP contribution in [0.3, 0.4) is 0 Å². The van der Waals surface area contributed by atoms with E-state index in [4.69, 9.17) is 15.6 Å². The highest BCUT2D eigenvalue weighted by Gasteiger charge is 2.27. The molecule has 0 aliphatic carbocycles. The molecule has 0 fully saturated rings. The largest absolute Gasteiger partial charge is 0.481 e. The lowest BCUT2D eigenvalue weighted by Gasteiger charge is -2.19. The smallest absolute Gasteiger partial charge is 0.215 e. The fourth-order valence-corrected chi connectivity index (χ4v) is 2.77. The van der Waals surface area contributed by atoms with Crippen LogP contribution in [0.15, 0.2) is 76.9 Å². The molecule has 35 heavy (non-hydrogen) atoms. The molecule has 0 radical (unpaired) electrons. The quantitative estimate of drug-likeness (QED) is 0.0968. The zero-order valence-electron chi connectivity index (χ0n) is 21.4. The summed E-state index contributed by atoms with van der Waals surface area (Å²) < 4.78 is 47.7. The van der Waals surface area contributed by atoms with Crippen LogP contribution in [-0.4, -0.2) is 36.4 Å². The second kappa shape index (κ2) is 19.5. The number of allylic oxidation sites excluding steroid dienone is 8. The molecule has 0 saturated carbocycles. The summed E-state index contributed by atoms with van der Waals surface area (Å²) in [5.41, 5.74) is -0.597. The number of halogens is 4. The zero-order valence-corrected chi connectivity index (χ0v) is 23.6. The van der Waals surface area contributed by atoms with Gasteiger partial charge in [0.25, 0.3) is 0 Å². The highest BCUT2D eigenvalue weighted by atomic mass is 127. The minimum absolute atomic E-state index is 0.00166. The van der Waals surface area contributed by atoms with Gasteiger partial charge < -0.3 is 4.74 Å². The van der Waals surface area contributed by atoms with Gasteiger partial charge in [0, 0.05) is 24.8 Å². The first-order valence-corrected chi connectivity index (χ1v) is 13.0. The Labute approximate surface area is 221 Å². The van der Waals surface area contributed by atoms with Gasteiger partial charge in [-0.05, 0) is 29.9 Å². The van der Waals surface area contributed by atoms with Gasteiger partial charge in [0.15, 0.2) is 0 Å². The third-order valence-electron chi connectivity index (χ3n) is 4.21. The molecule has 0 spiro atoms. The number of hydrogen-bond donors (Lipinski definition) is 2. The Hall–Kier alpha value is -2.75. The van der Waals surface area contributed by atoms with Crippen LogP contribution in [0.25, 0.3) is 0 Å². The minimum Gasteiger partial charge on any atom is -0.481 e. The molecule has 0 unspecified atom stereocenters. The maximum Gasteiger partial charge on any atom is 0.215 e. The summed E-state index contributed by atoms with van der Waals surface area (Å²) in [4.78, 5) is 6.15. The van der Waals surface area contributed by atoms with Crippen LogP contribution in [0, 0.1) is 28.3 Å². The zero-order chi connectivity index (χ0) is 27.6. The maximum absolute atomic E-state index is 14.5. The van der Waals surface area contributed by atoms with Gasteiger partial charge in [-0.1, -0.05) is 80.3 Å². The normalized spacial score (nSPS) is 12.3. The predicted molar refractivity (Wildman–Crippen MR) is 152 cm³/mol. The molecule has 0 heterocycles. The third kappa shape index (κ3) is 10.2. The number of ether oxygens (including phenoxy) is 1. The molecule has 192 valence electrons. The van der Waals surface area contributed by atoms with E-state index in [0.717, 1.165) is 0 Å². The number of benzene rings is 1. The molecule has 0 bridgehead atoms. The topological polar surface area (TPSA) is 69.3 Å². The SMILES string of the molecule is C=C\C=C/C(=C\C)C(/C(=N)c1c(F)cc(F)cc1F)=C(/C(=N)OC)C(/C=C\CC)=NC.CC.CI. The molecular formula is C27H35F3IN3O. The molecule has 0 aliphatic rings. The molecule has 2 N–H and O–H groups in total. The van der Waals surface area contributed by atoms with Gasteiger partial charge in [-0.3, -0.25) is 15.8 Å². The van der Waals surface area contributed by atoms with Crippen molar-refractivity contribution in [1.82, 2.24) is 0 Å². The van der Waals surface area contributed by atoms with Crippen LogP contribution in [0.2, 0.25) is 0 Å². The monoisotopic (exact) mass is 601 g/mol. The lowest BCUT2D eigenvalue weighted by molar-refractivity contribution is 0.401. The van der Waals surface area contributed by atoms with Gasteiger partial charge in [-0.25, -0.2) is 13.2 Å². The highest BCUT2D eigenvalue weighted by molar-refractivity contribution is 14.1. The fourth-order valence-electron chi connectivity index (χ4n) is 2.77. The van der Waals surface area contributed by atoms with Crippen molar-refractivity contribution in [3.63, 3.8) is 0 Å². The molecule has 0 aromatic heterocycles. The van der Waals surface area contributed by atoms with Gasteiger partial charge in [0.05, 0.1) is 29.7 Å². The van der Waals surface area contributed by atoms with Crippen molar-refractivity contribution in [2.45, 2.75) is 34.1 Å². The summed E-state index contributed by atoms with van der Waals surface area (Å²) in [5, 5.41) is 17.0.